The first kappa shape index (κ1) is 49.9. The van der Waals surface area contributed by atoms with Gasteiger partial charge in [-0.05, 0) is 64.2 Å². The van der Waals surface area contributed by atoms with Gasteiger partial charge in [0.25, 0.3) is 0 Å². The van der Waals surface area contributed by atoms with Gasteiger partial charge in [0.1, 0.15) is 6.04 Å². The summed E-state index contributed by atoms with van der Waals surface area (Å²) < 4.78 is 0. The van der Waals surface area contributed by atoms with E-state index in [0.29, 0.717) is 70.4 Å². The third-order valence-corrected chi connectivity index (χ3v) is 7.64. The van der Waals surface area contributed by atoms with Crippen molar-refractivity contribution < 1.29 is 24.0 Å². The van der Waals surface area contributed by atoms with Crippen LogP contribution in [0.5, 0.6) is 0 Å². The summed E-state index contributed by atoms with van der Waals surface area (Å²) in [6.07, 6.45) is 16.6. The maximum Gasteiger partial charge on any atom is 0.243 e. The number of amides is 4. The van der Waals surface area contributed by atoms with E-state index < -0.39 is 12.1 Å². The van der Waals surface area contributed by atoms with Crippen molar-refractivity contribution in [3.63, 3.8) is 0 Å². The number of ketones is 1. The quantitative estimate of drug-likeness (QED) is 0.0616. The third kappa shape index (κ3) is 34.9. The number of hydrogen-bond donors (Lipinski definition) is 4. The van der Waals surface area contributed by atoms with E-state index in [1.165, 1.54) is 26.2 Å². The van der Waals surface area contributed by atoms with Crippen LogP contribution in [-0.4, -0.2) is 54.6 Å². The van der Waals surface area contributed by atoms with Gasteiger partial charge in [0.15, 0.2) is 5.78 Å². The zero-order valence-corrected chi connectivity index (χ0v) is 32.8. The molecule has 4 amide bonds. The molecule has 0 aliphatic rings. The van der Waals surface area contributed by atoms with Crippen molar-refractivity contribution in [2.45, 2.75) is 203 Å². The van der Waals surface area contributed by atoms with Crippen molar-refractivity contribution >= 4 is 29.4 Å². The van der Waals surface area contributed by atoms with Crippen molar-refractivity contribution in [2.24, 2.45) is 5.92 Å². The lowest BCUT2D eigenvalue weighted by atomic mass is 10.0. The van der Waals surface area contributed by atoms with Crippen molar-refractivity contribution in [1.82, 2.24) is 21.3 Å². The molecule has 0 spiro atoms. The second kappa shape index (κ2) is 37.4. The van der Waals surface area contributed by atoms with Gasteiger partial charge in [0.2, 0.25) is 23.6 Å². The highest BCUT2D eigenvalue weighted by Crippen LogP contribution is 2.10. The lowest BCUT2D eigenvalue weighted by molar-refractivity contribution is -0.131. The molecule has 9 nitrogen and oxygen atoms in total. The molecule has 0 aromatic heterocycles. The van der Waals surface area contributed by atoms with E-state index in [9.17, 15) is 24.0 Å². The summed E-state index contributed by atoms with van der Waals surface area (Å²) >= 11 is 0. The SMILES string of the molecule is CC.CCC.CCCCCCCC(=O)NCCCC(NC(=O)CCCCC(C)C)C(=O)NC(CCCCNC(=O)CCCCC)C(C)=O. The second-order valence-electron chi connectivity index (χ2n) is 13.1. The van der Waals surface area contributed by atoms with Gasteiger partial charge in [-0.15, -0.1) is 0 Å². The van der Waals surface area contributed by atoms with E-state index in [1.807, 2.05) is 13.8 Å². The minimum Gasteiger partial charge on any atom is -0.356 e. The van der Waals surface area contributed by atoms with Gasteiger partial charge in [-0.3, -0.25) is 24.0 Å². The molecule has 2 atom stereocenters. The molecule has 4 N–H and O–H groups in total. The van der Waals surface area contributed by atoms with Gasteiger partial charge in [-0.1, -0.05) is 113 Å². The van der Waals surface area contributed by atoms with E-state index in [1.54, 1.807) is 0 Å². The van der Waals surface area contributed by atoms with E-state index in [2.05, 4.69) is 62.8 Å². The molecule has 48 heavy (non-hydrogen) atoms. The Morgan fingerprint density at radius 2 is 0.938 bits per heavy atom. The molecule has 0 aliphatic heterocycles. The lowest BCUT2D eigenvalue weighted by Gasteiger charge is -2.22. The Morgan fingerprint density at radius 3 is 1.48 bits per heavy atom. The highest BCUT2D eigenvalue weighted by Gasteiger charge is 2.25. The van der Waals surface area contributed by atoms with E-state index in [0.717, 1.165) is 57.8 Å². The molecule has 0 saturated carbocycles. The average Bonchev–Trinajstić information content (AvgIpc) is 3.04. The molecular weight excluding hydrogens is 604 g/mol. The molecule has 0 aromatic rings. The summed E-state index contributed by atoms with van der Waals surface area (Å²) in [5.41, 5.74) is 0. The van der Waals surface area contributed by atoms with Crippen molar-refractivity contribution in [3.8, 4) is 0 Å². The fraction of sp³-hybridized carbons (Fsp3) is 0.872. The Hall–Kier alpha value is -2.45. The summed E-state index contributed by atoms with van der Waals surface area (Å²) in [5.74, 6) is -0.0341. The van der Waals surface area contributed by atoms with Crippen molar-refractivity contribution in [1.29, 1.82) is 0 Å². The third-order valence-electron chi connectivity index (χ3n) is 7.64. The molecule has 2 unspecified atom stereocenters. The topological polar surface area (TPSA) is 133 Å². The van der Waals surface area contributed by atoms with Crippen LogP contribution in [0, 0.1) is 5.92 Å². The minimum absolute atomic E-state index is 0.0143. The number of rotatable bonds is 28. The predicted molar refractivity (Wildman–Crippen MR) is 202 cm³/mol. The molecule has 0 aliphatic carbocycles. The fourth-order valence-corrected chi connectivity index (χ4v) is 4.86. The van der Waals surface area contributed by atoms with Crippen LogP contribution in [0.15, 0.2) is 0 Å². The number of nitrogens with one attached hydrogen (secondary N) is 4. The number of hydrogen-bond acceptors (Lipinski definition) is 5. The first-order valence-corrected chi connectivity index (χ1v) is 19.7. The first-order chi connectivity index (χ1) is 23.0. The molecule has 0 saturated heterocycles. The monoisotopic (exact) mass is 683 g/mol. The second-order valence-corrected chi connectivity index (χ2v) is 13.1. The Morgan fingerprint density at radius 1 is 0.500 bits per heavy atom. The maximum atomic E-state index is 13.2. The average molecular weight is 683 g/mol. The van der Waals surface area contributed by atoms with Crippen LogP contribution in [0.25, 0.3) is 0 Å². The molecule has 284 valence electrons. The number of carbonyl (C=O) groups is 5. The van der Waals surface area contributed by atoms with E-state index in [4.69, 9.17) is 0 Å². The number of carbonyl (C=O) groups excluding carboxylic acids is 5. The zero-order chi connectivity index (χ0) is 37.0. The highest BCUT2D eigenvalue weighted by molar-refractivity contribution is 5.92. The first-order valence-electron chi connectivity index (χ1n) is 19.7. The standard InChI is InChI=1S/C34H64N4O5.C3H8.C2H6/c1-6-8-10-11-13-23-32(41)36-26-18-21-30(37-33(42)24-15-14-19-27(3)4)34(43)38-29(28(5)39)20-16-17-25-35-31(40)22-12-9-7-2;1-3-2;1-2/h27,29-30H,6-26H2,1-5H3,(H,35,40)(H,36,41)(H,37,42)(H,38,43);3H2,1-2H3;1-2H3. The summed E-state index contributed by atoms with van der Waals surface area (Å²) in [5, 5.41) is 11.6. The Bertz CT molecular complexity index is 803. The van der Waals surface area contributed by atoms with Crippen LogP contribution in [0.3, 0.4) is 0 Å². The highest BCUT2D eigenvalue weighted by atomic mass is 16.2. The Labute approximate surface area is 296 Å². The van der Waals surface area contributed by atoms with Gasteiger partial charge in [0, 0.05) is 32.4 Å². The van der Waals surface area contributed by atoms with Crippen LogP contribution in [0.4, 0.5) is 0 Å². The molecule has 0 radical (unpaired) electrons. The molecule has 0 aromatic carbocycles. The van der Waals surface area contributed by atoms with Crippen LogP contribution in [0.2, 0.25) is 0 Å². The van der Waals surface area contributed by atoms with Crippen molar-refractivity contribution in [3.05, 3.63) is 0 Å². The van der Waals surface area contributed by atoms with Crippen molar-refractivity contribution in [2.75, 3.05) is 13.1 Å². The molecule has 0 bridgehead atoms. The van der Waals surface area contributed by atoms with Gasteiger partial charge in [-0.2, -0.15) is 0 Å². The van der Waals surface area contributed by atoms with E-state index in [-0.39, 0.29) is 29.4 Å². The summed E-state index contributed by atoms with van der Waals surface area (Å²) in [6.45, 7) is 19.3. The maximum absolute atomic E-state index is 13.2. The molecule has 0 fully saturated rings. The van der Waals surface area contributed by atoms with Gasteiger partial charge < -0.3 is 21.3 Å². The predicted octanol–water partition coefficient (Wildman–Crippen LogP) is 8.33. The normalized spacial score (nSPS) is 11.6. The Kier molecular flexibility index (Phi) is 38.9. The lowest BCUT2D eigenvalue weighted by Crippen LogP contribution is -2.51. The largest absolute Gasteiger partial charge is 0.356 e. The van der Waals surface area contributed by atoms with E-state index >= 15 is 0 Å². The van der Waals surface area contributed by atoms with Crippen LogP contribution in [0.1, 0.15) is 191 Å². The summed E-state index contributed by atoms with van der Waals surface area (Å²) in [7, 11) is 0. The van der Waals surface area contributed by atoms with Crippen LogP contribution in [-0.2, 0) is 24.0 Å². The van der Waals surface area contributed by atoms with Crippen LogP contribution < -0.4 is 21.3 Å². The van der Waals surface area contributed by atoms with Crippen LogP contribution >= 0.6 is 0 Å². The zero-order valence-electron chi connectivity index (χ0n) is 32.8. The summed E-state index contributed by atoms with van der Waals surface area (Å²) in [4.78, 5) is 62.3. The van der Waals surface area contributed by atoms with Gasteiger partial charge in [0.05, 0.1) is 6.04 Å². The molecular formula is C39H78N4O5. The number of Topliss-reactive ketones (excluding diaryl/α,β-unsaturated/α-hetero) is 1. The minimum atomic E-state index is -0.771. The van der Waals surface area contributed by atoms with Gasteiger partial charge in [-0.25, -0.2) is 0 Å². The fourth-order valence-electron chi connectivity index (χ4n) is 4.86. The van der Waals surface area contributed by atoms with Gasteiger partial charge >= 0.3 is 0 Å². The Balaban J connectivity index is -0.00000381. The molecule has 0 heterocycles. The molecule has 9 heteroatoms. The smallest absolute Gasteiger partial charge is 0.243 e. The summed E-state index contributed by atoms with van der Waals surface area (Å²) in [6, 6.07) is -1.42. The number of unbranched alkanes of at least 4 members (excludes halogenated alkanes) is 8. The molecule has 0 rings (SSSR count).